The third-order valence-corrected chi connectivity index (χ3v) is 4.11. The zero-order valence-electron chi connectivity index (χ0n) is 9.57. The van der Waals surface area contributed by atoms with Gasteiger partial charge in [-0.1, -0.05) is 18.2 Å². The van der Waals surface area contributed by atoms with Gasteiger partial charge in [-0.3, -0.25) is 4.79 Å². The number of fused-ring (bicyclic) bond motifs is 5. The third kappa shape index (κ3) is 1.14. The van der Waals surface area contributed by atoms with Crippen LogP contribution in [0.25, 0.3) is 10.9 Å². The Morgan fingerprint density at radius 2 is 2.12 bits per heavy atom. The Kier molecular flexibility index (Phi) is 1.71. The van der Waals surface area contributed by atoms with Crippen LogP contribution >= 0.6 is 0 Å². The van der Waals surface area contributed by atoms with Gasteiger partial charge in [-0.05, 0) is 24.5 Å². The van der Waals surface area contributed by atoms with Gasteiger partial charge in [-0.15, -0.1) is 0 Å². The minimum atomic E-state index is 0.304. The van der Waals surface area contributed by atoms with Crippen LogP contribution in [-0.2, 0) is 11.2 Å². The largest absolute Gasteiger partial charge is 0.356 e. The molecule has 86 valence electrons. The molecule has 1 atom stereocenters. The van der Waals surface area contributed by atoms with Crippen LogP contribution in [0.3, 0.4) is 0 Å². The molecule has 0 radical (unpaired) electrons. The van der Waals surface area contributed by atoms with Gasteiger partial charge < -0.3 is 9.88 Å². The Labute approximate surface area is 99.4 Å². The van der Waals surface area contributed by atoms with Gasteiger partial charge in [0.05, 0.1) is 6.04 Å². The van der Waals surface area contributed by atoms with Crippen molar-refractivity contribution in [2.45, 2.75) is 25.3 Å². The molecule has 17 heavy (non-hydrogen) atoms. The minimum Gasteiger partial charge on any atom is -0.356 e. The molecular weight excluding hydrogens is 212 g/mol. The maximum absolute atomic E-state index is 11.7. The fraction of sp³-hybridized carbons (Fsp3) is 0.357. The van der Waals surface area contributed by atoms with Gasteiger partial charge in [0.15, 0.2) is 0 Å². The van der Waals surface area contributed by atoms with E-state index in [2.05, 4.69) is 29.2 Å². The Balaban J connectivity index is 1.94. The van der Waals surface area contributed by atoms with E-state index in [1.54, 1.807) is 0 Å². The number of aromatic nitrogens is 1. The summed E-state index contributed by atoms with van der Waals surface area (Å²) < 4.78 is 0. The molecule has 1 amide bonds. The maximum atomic E-state index is 11.7. The summed E-state index contributed by atoms with van der Waals surface area (Å²) in [6, 6.07) is 8.75. The first-order valence-corrected chi connectivity index (χ1v) is 6.23. The fourth-order valence-corrected chi connectivity index (χ4v) is 3.32. The summed E-state index contributed by atoms with van der Waals surface area (Å²) in [5, 5.41) is 1.33. The van der Waals surface area contributed by atoms with E-state index in [1.165, 1.54) is 22.2 Å². The van der Waals surface area contributed by atoms with E-state index in [0.29, 0.717) is 18.4 Å². The van der Waals surface area contributed by atoms with E-state index in [4.69, 9.17) is 0 Å². The number of aromatic amines is 1. The number of nitrogens with one attached hydrogen (secondary N) is 1. The van der Waals surface area contributed by atoms with E-state index in [0.717, 1.165) is 19.4 Å². The molecule has 0 bridgehead atoms. The summed E-state index contributed by atoms with van der Waals surface area (Å²) in [6.07, 6.45) is 2.67. The molecule has 1 N–H and O–H groups in total. The highest BCUT2D eigenvalue weighted by Crippen LogP contribution is 2.40. The Morgan fingerprint density at radius 3 is 3.06 bits per heavy atom. The minimum absolute atomic E-state index is 0.304. The van der Waals surface area contributed by atoms with E-state index in [1.807, 2.05) is 4.90 Å². The van der Waals surface area contributed by atoms with Crippen LogP contribution in [0.5, 0.6) is 0 Å². The number of para-hydroxylation sites is 1. The van der Waals surface area contributed by atoms with E-state index in [9.17, 15) is 4.79 Å². The lowest BCUT2D eigenvalue weighted by Crippen LogP contribution is -2.33. The second kappa shape index (κ2) is 3.13. The molecule has 2 aromatic rings. The maximum Gasteiger partial charge on any atom is 0.223 e. The third-order valence-electron chi connectivity index (χ3n) is 4.11. The molecule has 0 aliphatic carbocycles. The number of carbonyl (C=O) groups is 1. The van der Waals surface area contributed by atoms with Crippen LogP contribution in [0.2, 0.25) is 0 Å². The summed E-state index contributed by atoms with van der Waals surface area (Å²) in [5.74, 6) is 0.319. The zero-order valence-corrected chi connectivity index (χ0v) is 9.57. The van der Waals surface area contributed by atoms with Crippen molar-refractivity contribution < 1.29 is 4.79 Å². The lowest BCUT2D eigenvalue weighted by Gasteiger charge is -2.29. The van der Waals surface area contributed by atoms with Crippen LogP contribution in [0, 0.1) is 0 Å². The van der Waals surface area contributed by atoms with Gasteiger partial charge in [0.2, 0.25) is 5.91 Å². The number of hydrogen-bond donors (Lipinski definition) is 1. The number of H-pyrrole nitrogens is 1. The zero-order chi connectivity index (χ0) is 11.4. The topological polar surface area (TPSA) is 36.1 Å². The van der Waals surface area contributed by atoms with Crippen molar-refractivity contribution in [2.75, 3.05) is 6.54 Å². The molecule has 3 heterocycles. The van der Waals surface area contributed by atoms with E-state index >= 15 is 0 Å². The molecule has 1 fully saturated rings. The highest BCUT2D eigenvalue weighted by atomic mass is 16.2. The SMILES string of the molecule is O=C1CC[C@@H]2c3[nH]c4ccccc4c3CCN12. The van der Waals surface area contributed by atoms with Crippen LogP contribution in [0.4, 0.5) is 0 Å². The summed E-state index contributed by atoms with van der Waals surface area (Å²) in [4.78, 5) is 17.3. The normalized spacial score (nSPS) is 22.9. The fourth-order valence-electron chi connectivity index (χ4n) is 3.32. The molecule has 0 saturated carbocycles. The van der Waals surface area contributed by atoms with Crippen LogP contribution in [0.1, 0.15) is 30.1 Å². The van der Waals surface area contributed by atoms with Crippen molar-refractivity contribution in [3.8, 4) is 0 Å². The molecule has 1 saturated heterocycles. The smallest absolute Gasteiger partial charge is 0.223 e. The van der Waals surface area contributed by atoms with Gasteiger partial charge in [0, 0.05) is 29.6 Å². The molecular formula is C14H14N2O. The lowest BCUT2D eigenvalue weighted by atomic mass is 9.98. The molecule has 3 nitrogen and oxygen atoms in total. The second-order valence-corrected chi connectivity index (χ2v) is 4.95. The summed E-state index contributed by atoms with van der Waals surface area (Å²) in [6.45, 7) is 0.887. The molecule has 2 aliphatic rings. The van der Waals surface area contributed by atoms with Crippen LogP contribution in [-0.4, -0.2) is 22.3 Å². The van der Waals surface area contributed by atoms with Crippen molar-refractivity contribution in [3.05, 3.63) is 35.5 Å². The van der Waals surface area contributed by atoms with E-state index < -0.39 is 0 Å². The average molecular weight is 226 g/mol. The van der Waals surface area contributed by atoms with Crippen LogP contribution < -0.4 is 0 Å². The van der Waals surface area contributed by atoms with Crippen LogP contribution in [0.15, 0.2) is 24.3 Å². The van der Waals surface area contributed by atoms with Gasteiger partial charge >= 0.3 is 0 Å². The standard InChI is InChI=1S/C14H14N2O/c17-13-6-5-12-14-10(7-8-16(12)13)9-3-1-2-4-11(9)15-14/h1-4,12,15H,5-8H2/t12-/m1/s1. The number of carbonyl (C=O) groups excluding carboxylic acids is 1. The number of benzene rings is 1. The second-order valence-electron chi connectivity index (χ2n) is 4.95. The highest BCUT2D eigenvalue weighted by Gasteiger charge is 2.37. The number of rotatable bonds is 0. The predicted molar refractivity (Wildman–Crippen MR) is 65.7 cm³/mol. The first-order chi connectivity index (χ1) is 8.34. The molecule has 2 aliphatic heterocycles. The highest BCUT2D eigenvalue weighted by molar-refractivity contribution is 5.87. The monoisotopic (exact) mass is 226 g/mol. The van der Waals surface area contributed by atoms with Gasteiger partial charge in [-0.25, -0.2) is 0 Å². The molecule has 1 aromatic carbocycles. The summed E-state index contributed by atoms with van der Waals surface area (Å²) >= 11 is 0. The molecule has 0 unspecified atom stereocenters. The summed E-state index contributed by atoms with van der Waals surface area (Å²) in [5.41, 5.74) is 3.92. The molecule has 3 heteroatoms. The lowest BCUT2D eigenvalue weighted by molar-refractivity contribution is -0.129. The molecule has 1 aromatic heterocycles. The van der Waals surface area contributed by atoms with Crippen molar-refractivity contribution in [2.24, 2.45) is 0 Å². The van der Waals surface area contributed by atoms with Gasteiger partial charge in [0.25, 0.3) is 0 Å². The van der Waals surface area contributed by atoms with Crippen molar-refractivity contribution >= 4 is 16.8 Å². The number of hydrogen-bond acceptors (Lipinski definition) is 1. The quantitative estimate of drug-likeness (QED) is 0.735. The van der Waals surface area contributed by atoms with Crippen molar-refractivity contribution in [3.63, 3.8) is 0 Å². The Hall–Kier alpha value is -1.77. The first-order valence-electron chi connectivity index (χ1n) is 6.23. The Bertz CT molecular complexity index is 614. The predicted octanol–water partition coefficient (Wildman–Crippen LogP) is 2.39. The Morgan fingerprint density at radius 1 is 1.24 bits per heavy atom. The number of amides is 1. The molecule has 0 spiro atoms. The van der Waals surface area contributed by atoms with Gasteiger partial charge in [0.1, 0.15) is 0 Å². The van der Waals surface area contributed by atoms with Gasteiger partial charge in [-0.2, -0.15) is 0 Å². The average Bonchev–Trinajstić information content (AvgIpc) is 2.90. The van der Waals surface area contributed by atoms with E-state index in [-0.39, 0.29) is 0 Å². The summed E-state index contributed by atoms with van der Waals surface area (Å²) in [7, 11) is 0. The first kappa shape index (κ1) is 9.28. The molecule has 4 rings (SSSR count). The van der Waals surface area contributed by atoms with Crippen molar-refractivity contribution in [1.82, 2.24) is 9.88 Å². The number of nitrogens with zero attached hydrogens (tertiary/aromatic N) is 1. The van der Waals surface area contributed by atoms with Crippen molar-refractivity contribution in [1.29, 1.82) is 0 Å².